The number of unbranched alkanes of at least 4 members (excludes halogenated alkanes) is 3. The number of nitrogens with one attached hydrogen (secondary N) is 1. The molecule has 0 amide bonds. The highest BCUT2D eigenvalue weighted by atomic mass is 32.2. The standard InChI is InChI=1S/C15H26N2O2S2/c1-12-10-14(16)11-15(13(12)2)21(18,19)17-8-6-4-5-7-9-20-3/h10-11,17H,4-9,16H2,1-3H3. The van der Waals surface area contributed by atoms with Crippen molar-refractivity contribution < 1.29 is 8.42 Å². The summed E-state index contributed by atoms with van der Waals surface area (Å²) >= 11 is 1.85. The van der Waals surface area contributed by atoms with Crippen LogP contribution in [0.5, 0.6) is 0 Å². The molecule has 1 aromatic carbocycles. The van der Waals surface area contributed by atoms with Gasteiger partial charge in [-0.1, -0.05) is 12.8 Å². The van der Waals surface area contributed by atoms with Gasteiger partial charge in [-0.25, -0.2) is 13.1 Å². The summed E-state index contributed by atoms with van der Waals surface area (Å²) in [7, 11) is -3.47. The zero-order valence-corrected chi connectivity index (χ0v) is 14.7. The van der Waals surface area contributed by atoms with Crippen LogP contribution in [0.25, 0.3) is 0 Å². The number of benzene rings is 1. The van der Waals surface area contributed by atoms with Crippen molar-refractivity contribution in [3.63, 3.8) is 0 Å². The summed E-state index contributed by atoms with van der Waals surface area (Å²) in [6, 6.07) is 3.32. The second-order valence-corrected chi connectivity index (χ2v) is 7.99. The molecule has 4 nitrogen and oxygen atoms in total. The van der Waals surface area contributed by atoms with Gasteiger partial charge in [0.15, 0.2) is 0 Å². The van der Waals surface area contributed by atoms with Gasteiger partial charge in [-0.3, -0.25) is 0 Å². The third kappa shape index (κ3) is 5.88. The summed E-state index contributed by atoms with van der Waals surface area (Å²) in [6.45, 7) is 4.16. The van der Waals surface area contributed by atoms with E-state index in [0.717, 1.165) is 30.4 Å². The summed E-state index contributed by atoms with van der Waals surface area (Å²) in [4.78, 5) is 0.294. The topological polar surface area (TPSA) is 72.2 Å². The van der Waals surface area contributed by atoms with Crippen LogP contribution in [-0.4, -0.2) is 27.0 Å². The number of rotatable bonds is 9. The van der Waals surface area contributed by atoms with Gasteiger partial charge in [-0.2, -0.15) is 11.8 Å². The van der Waals surface area contributed by atoms with E-state index in [4.69, 9.17) is 5.73 Å². The largest absolute Gasteiger partial charge is 0.399 e. The van der Waals surface area contributed by atoms with Crippen LogP contribution in [-0.2, 0) is 10.0 Å². The highest BCUT2D eigenvalue weighted by Crippen LogP contribution is 2.22. The van der Waals surface area contributed by atoms with Crippen molar-refractivity contribution in [2.24, 2.45) is 0 Å². The fourth-order valence-electron chi connectivity index (χ4n) is 2.14. The summed E-state index contributed by atoms with van der Waals surface area (Å²) < 4.78 is 27.3. The molecule has 1 aromatic rings. The van der Waals surface area contributed by atoms with Crippen molar-refractivity contribution in [1.82, 2.24) is 4.72 Å². The third-order valence-electron chi connectivity index (χ3n) is 3.50. The Labute approximate surface area is 132 Å². The molecule has 0 fully saturated rings. The van der Waals surface area contributed by atoms with E-state index in [1.54, 1.807) is 6.07 Å². The molecule has 0 unspecified atom stereocenters. The van der Waals surface area contributed by atoms with E-state index in [1.807, 2.05) is 25.6 Å². The molecular formula is C15H26N2O2S2. The van der Waals surface area contributed by atoms with E-state index in [-0.39, 0.29) is 0 Å². The van der Waals surface area contributed by atoms with Crippen molar-refractivity contribution in [3.8, 4) is 0 Å². The van der Waals surface area contributed by atoms with Crippen LogP contribution in [0.4, 0.5) is 5.69 Å². The third-order valence-corrected chi connectivity index (χ3v) is 5.78. The van der Waals surface area contributed by atoms with Gasteiger partial charge in [0.25, 0.3) is 0 Å². The number of thioether (sulfide) groups is 1. The van der Waals surface area contributed by atoms with Gasteiger partial charge in [0.05, 0.1) is 4.90 Å². The average Bonchev–Trinajstić information content (AvgIpc) is 2.41. The van der Waals surface area contributed by atoms with E-state index >= 15 is 0 Å². The highest BCUT2D eigenvalue weighted by Gasteiger charge is 2.17. The van der Waals surface area contributed by atoms with Gasteiger partial charge in [0, 0.05) is 12.2 Å². The second-order valence-electron chi connectivity index (χ2n) is 5.27. The number of aryl methyl sites for hydroxylation is 1. The second kappa shape index (κ2) is 8.66. The molecule has 1 rings (SSSR count). The fourth-order valence-corrected chi connectivity index (χ4v) is 4.06. The van der Waals surface area contributed by atoms with Gasteiger partial charge in [-0.05, 0) is 62.0 Å². The average molecular weight is 331 g/mol. The Morgan fingerprint density at radius 1 is 1.14 bits per heavy atom. The minimum absolute atomic E-state index is 0.294. The first-order chi connectivity index (χ1) is 9.88. The number of hydrogen-bond donors (Lipinski definition) is 2. The number of nitrogen functional groups attached to an aromatic ring is 1. The van der Waals surface area contributed by atoms with Crippen LogP contribution in [0, 0.1) is 13.8 Å². The Morgan fingerprint density at radius 2 is 1.81 bits per heavy atom. The van der Waals surface area contributed by atoms with Crippen molar-refractivity contribution >= 4 is 27.5 Å². The summed E-state index contributed by atoms with van der Waals surface area (Å²) in [5, 5.41) is 0. The Balaban J connectivity index is 2.55. The molecule has 3 N–H and O–H groups in total. The monoisotopic (exact) mass is 330 g/mol. The van der Waals surface area contributed by atoms with Crippen LogP contribution < -0.4 is 10.5 Å². The minimum atomic E-state index is -3.47. The molecule has 6 heteroatoms. The molecule has 0 spiro atoms. The van der Waals surface area contributed by atoms with Gasteiger partial charge >= 0.3 is 0 Å². The van der Waals surface area contributed by atoms with E-state index in [0.29, 0.717) is 17.1 Å². The number of hydrogen-bond acceptors (Lipinski definition) is 4. The molecular weight excluding hydrogens is 304 g/mol. The fraction of sp³-hybridized carbons (Fsp3) is 0.600. The lowest BCUT2D eigenvalue weighted by atomic mass is 10.1. The summed E-state index contributed by atoms with van der Waals surface area (Å²) in [6.07, 6.45) is 6.37. The van der Waals surface area contributed by atoms with Gasteiger partial charge in [0.1, 0.15) is 0 Å². The molecule has 0 aliphatic rings. The van der Waals surface area contributed by atoms with E-state index in [1.165, 1.54) is 18.2 Å². The molecule has 0 radical (unpaired) electrons. The van der Waals surface area contributed by atoms with Crippen LogP contribution in [0.2, 0.25) is 0 Å². The highest BCUT2D eigenvalue weighted by molar-refractivity contribution is 7.98. The normalized spacial score (nSPS) is 11.8. The smallest absolute Gasteiger partial charge is 0.240 e. The lowest BCUT2D eigenvalue weighted by molar-refractivity contribution is 0.573. The number of sulfonamides is 1. The first-order valence-electron chi connectivity index (χ1n) is 7.24. The number of nitrogens with two attached hydrogens (primary N) is 1. The Hall–Kier alpha value is -0.720. The maximum absolute atomic E-state index is 12.3. The molecule has 0 saturated heterocycles. The van der Waals surface area contributed by atoms with E-state index < -0.39 is 10.0 Å². The lowest BCUT2D eigenvalue weighted by Gasteiger charge is -2.12. The maximum atomic E-state index is 12.3. The minimum Gasteiger partial charge on any atom is -0.399 e. The van der Waals surface area contributed by atoms with Gasteiger partial charge in [-0.15, -0.1) is 0 Å². The van der Waals surface area contributed by atoms with Crippen LogP contribution in [0.3, 0.4) is 0 Å². The molecule has 0 bridgehead atoms. The van der Waals surface area contributed by atoms with Crippen LogP contribution in [0.1, 0.15) is 36.8 Å². The molecule has 21 heavy (non-hydrogen) atoms. The Bertz CT molecular complexity index is 557. The predicted molar refractivity (Wildman–Crippen MR) is 92.4 cm³/mol. The van der Waals surface area contributed by atoms with E-state index in [9.17, 15) is 8.42 Å². The molecule has 120 valence electrons. The first kappa shape index (κ1) is 18.3. The van der Waals surface area contributed by atoms with Crippen molar-refractivity contribution in [2.45, 2.75) is 44.4 Å². The number of anilines is 1. The quantitative estimate of drug-likeness (QED) is 0.539. The van der Waals surface area contributed by atoms with Crippen molar-refractivity contribution in [2.75, 3.05) is 24.3 Å². The molecule has 0 heterocycles. The van der Waals surface area contributed by atoms with E-state index in [2.05, 4.69) is 11.0 Å². The molecule has 0 saturated carbocycles. The molecule has 0 aromatic heterocycles. The first-order valence-corrected chi connectivity index (χ1v) is 10.1. The molecule has 0 aliphatic heterocycles. The predicted octanol–water partition coefficient (Wildman–Crippen LogP) is 3.09. The van der Waals surface area contributed by atoms with Crippen molar-refractivity contribution in [3.05, 3.63) is 23.3 Å². The van der Waals surface area contributed by atoms with Crippen LogP contribution in [0.15, 0.2) is 17.0 Å². The summed E-state index contributed by atoms with van der Waals surface area (Å²) in [5.74, 6) is 1.17. The Morgan fingerprint density at radius 3 is 2.48 bits per heavy atom. The zero-order chi connectivity index (χ0) is 15.9. The lowest BCUT2D eigenvalue weighted by Crippen LogP contribution is -2.25. The molecule has 0 atom stereocenters. The zero-order valence-electron chi connectivity index (χ0n) is 13.1. The van der Waals surface area contributed by atoms with Crippen molar-refractivity contribution in [1.29, 1.82) is 0 Å². The van der Waals surface area contributed by atoms with Crippen LogP contribution >= 0.6 is 11.8 Å². The Kier molecular flexibility index (Phi) is 7.56. The maximum Gasteiger partial charge on any atom is 0.240 e. The summed E-state index contributed by atoms with van der Waals surface area (Å²) in [5.41, 5.74) is 7.89. The van der Waals surface area contributed by atoms with Gasteiger partial charge < -0.3 is 5.73 Å². The SMILES string of the molecule is CSCCCCCCNS(=O)(=O)c1cc(N)cc(C)c1C. The molecule has 0 aliphatic carbocycles. The van der Waals surface area contributed by atoms with Gasteiger partial charge in [0.2, 0.25) is 10.0 Å².